The molecule has 0 spiro atoms. The normalized spacial score (nSPS) is 13.5. The second-order valence-corrected chi connectivity index (χ2v) is 7.98. The second-order valence-electron chi connectivity index (χ2n) is 6.87. The van der Waals surface area contributed by atoms with E-state index in [1.807, 2.05) is 37.4 Å². The van der Waals surface area contributed by atoms with Crippen molar-refractivity contribution in [1.82, 2.24) is 4.98 Å². The van der Waals surface area contributed by atoms with E-state index in [2.05, 4.69) is 42.3 Å². The number of carbonyl (C=O) groups excluding carboxylic acids is 1. The number of hydrogen-bond donors (Lipinski definition) is 2. The summed E-state index contributed by atoms with van der Waals surface area (Å²) in [5.74, 6) is 0.573. The van der Waals surface area contributed by atoms with Crippen LogP contribution >= 0.6 is 11.3 Å². The zero-order valence-corrected chi connectivity index (χ0v) is 16.4. The minimum Gasteiger partial charge on any atom is -0.324 e. The van der Waals surface area contributed by atoms with Crippen LogP contribution in [0.4, 0.5) is 5.69 Å². The van der Waals surface area contributed by atoms with Crippen LogP contribution in [0.3, 0.4) is 0 Å². The Morgan fingerprint density at radius 3 is 2.62 bits per heavy atom. The van der Waals surface area contributed by atoms with Crippen LogP contribution in [0.15, 0.2) is 48.5 Å². The molecule has 0 saturated carbocycles. The number of rotatable bonds is 7. The maximum absolute atomic E-state index is 12.3. The zero-order chi connectivity index (χ0) is 18.5. The first kappa shape index (κ1) is 18.5. The van der Waals surface area contributed by atoms with Gasteiger partial charge in [0.05, 0.1) is 17.3 Å². The maximum atomic E-state index is 12.3. The highest BCUT2D eigenvalue weighted by molar-refractivity contribution is 7.18. The van der Waals surface area contributed by atoms with Crippen LogP contribution in [0.2, 0.25) is 0 Å². The van der Waals surface area contributed by atoms with E-state index < -0.39 is 0 Å². The first-order valence-corrected chi connectivity index (χ1v) is 9.92. The SMILES string of the molecule is CC[C@H](C)c1ccc(NC(=O)C[NH+](C)Cc2nc3ccccc3s2)cc1. The molecule has 0 aliphatic carbocycles. The molecule has 3 rings (SSSR count). The summed E-state index contributed by atoms with van der Waals surface area (Å²) < 4.78 is 1.20. The van der Waals surface area contributed by atoms with E-state index in [0.717, 1.165) is 34.1 Å². The minimum absolute atomic E-state index is 0.0277. The van der Waals surface area contributed by atoms with E-state index in [0.29, 0.717) is 12.5 Å². The lowest BCUT2D eigenvalue weighted by atomic mass is 9.99. The van der Waals surface area contributed by atoms with Gasteiger partial charge in [-0.15, -0.1) is 11.3 Å². The predicted octanol–water partition coefficient (Wildman–Crippen LogP) is 3.46. The van der Waals surface area contributed by atoms with E-state index in [4.69, 9.17) is 0 Å². The summed E-state index contributed by atoms with van der Waals surface area (Å²) in [6.45, 7) is 5.57. The molecule has 136 valence electrons. The molecular weight excluding hydrogens is 342 g/mol. The van der Waals surface area contributed by atoms with Crippen molar-refractivity contribution >= 4 is 33.1 Å². The van der Waals surface area contributed by atoms with Crippen LogP contribution in [0.25, 0.3) is 10.2 Å². The fraction of sp³-hybridized carbons (Fsp3) is 0.333. The molecule has 5 heteroatoms. The number of nitrogens with one attached hydrogen (secondary N) is 2. The first-order valence-electron chi connectivity index (χ1n) is 9.10. The van der Waals surface area contributed by atoms with E-state index >= 15 is 0 Å². The van der Waals surface area contributed by atoms with Gasteiger partial charge < -0.3 is 10.2 Å². The number of benzene rings is 2. The standard InChI is InChI=1S/C21H25N3OS/c1-4-15(2)16-9-11-17(12-10-16)22-20(25)13-24(3)14-21-23-18-7-5-6-8-19(18)26-21/h5-12,15H,4,13-14H2,1-3H3,(H,22,25)/p+1/t15-/m0/s1. The molecule has 0 radical (unpaired) electrons. The molecule has 0 saturated heterocycles. The summed E-state index contributed by atoms with van der Waals surface area (Å²) >= 11 is 1.70. The van der Waals surface area contributed by atoms with Crippen LogP contribution in [0.5, 0.6) is 0 Å². The van der Waals surface area contributed by atoms with Crippen LogP contribution in [0, 0.1) is 0 Å². The van der Waals surface area contributed by atoms with Gasteiger partial charge in [-0.05, 0) is 42.2 Å². The summed E-state index contributed by atoms with van der Waals surface area (Å²) in [5, 5.41) is 4.06. The number of carbonyl (C=O) groups is 1. The molecule has 1 heterocycles. The van der Waals surface area contributed by atoms with E-state index in [1.54, 1.807) is 11.3 Å². The Hall–Kier alpha value is -2.24. The molecule has 0 aliphatic heterocycles. The van der Waals surface area contributed by atoms with Crippen molar-refractivity contribution < 1.29 is 9.69 Å². The van der Waals surface area contributed by atoms with Gasteiger partial charge in [0, 0.05) is 5.69 Å². The van der Waals surface area contributed by atoms with Gasteiger partial charge in [-0.1, -0.05) is 38.1 Å². The van der Waals surface area contributed by atoms with Crippen LogP contribution in [-0.2, 0) is 11.3 Å². The molecule has 4 nitrogen and oxygen atoms in total. The Bertz CT molecular complexity index is 839. The van der Waals surface area contributed by atoms with Gasteiger partial charge in [0.25, 0.3) is 5.91 Å². The highest BCUT2D eigenvalue weighted by atomic mass is 32.1. The number of thiazole rings is 1. The van der Waals surface area contributed by atoms with Crippen molar-refractivity contribution in [2.75, 3.05) is 18.9 Å². The third-order valence-electron chi connectivity index (χ3n) is 4.63. The van der Waals surface area contributed by atoms with Crippen molar-refractivity contribution in [3.05, 3.63) is 59.1 Å². The molecule has 2 atom stereocenters. The molecule has 1 unspecified atom stereocenters. The number of para-hydroxylation sites is 1. The van der Waals surface area contributed by atoms with E-state index in [9.17, 15) is 4.79 Å². The highest BCUT2D eigenvalue weighted by Crippen LogP contribution is 2.21. The fourth-order valence-corrected chi connectivity index (χ4v) is 4.01. The number of likely N-dealkylation sites (N-methyl/N-ethyl adjacent to an activating group) is 1. The predicted molar refractivity (Wildman–Crippen MR) is 109 cm³/mol. The topological polar surface area (TPSA) is 46.4 Å². The third-order valence-corrected chi connectivity index (χ3v) is 5.67. The van der Waals surface area contributed by atoms with Gasteiger partial charge in [-0.25, -0.2) is 4.98 Å². The third kappa shape index (κ3) is 4.68. The molecule has 26 heavy (non-hydrogen) atoms. The molecule has 0 bridgehead atoms. The Balaban J connectivity index is 1.53. The lowest BCUT2D eigenvalue weighted by Crippen LogP contribution is -3.08. The van der Waals surface area contributed by atoms with Crippen LogP contribution in [-0.4, -0.2) is 24.5 Å². The van der Waals surface area contributed by atoms with Gasteiger partial charge in [-0.2, -0.15) is 0 Å². The molecule has 3 aromatic rings. The van der Waals surface area contributed by atoms with Crippen molar-refractivity contribution in [2.45, 2.75) is 32.7 Å². The number of amides is 1. The summed E-state index contributed by atoms with van der Waals surface area (Å²) in [6, 6.07) is 16.3. The fourth-order valence-electron chi connectivity index (χ4n) is 2.93. The molecule has 0 fully saturated rings. The van der Waals surface area contributed by atoms with Crippen molar-refractivity contribution in [2.24, 2.45) is 0 Å². The monoisotopic (exact) mass is 368 g/mol. The minimum atomic E-state index is 0.0277. The lowest BCUT2D eigenvalue weighted by Gasteiger charge is -2.13. The quantitative estimate of drug-likeness (QED) is 0.671. The Kier molecular flexibility index (Phi) is 6.01. The number of fused-ring (bicyclic) bond motifs is 1. The van der Waals surface area contributed by atoms with Crippen molar-refractivity contribution in [3.63, 3.8) is 0 Å². The number of anilines is 1. The van der Waals surface area contributed by atoms with Crippen molar-refractivity contribution in [3.8, 4) is 0 Å². The molecule has 2 aromatic carbocycles. The molecule has 1 amide bonds. The number of nitrogens with zero attached hydrogens (tertiary/aromatic N) is 1. The largest absolute Gasteiger partial charge is 0.324 e. The average molecular weight is 369 g/mol. The lowest BCUT2D eigenvalue weighted by molar-refractivity contribution is -0.885. The Morgan fingerprint density at radius 1 is 1.19 bits per heavy atom. The smallest absolute Gasteiger partial charge is 0.279 e. The number of quaternary nitrogens is 1. The van der Waals surface area contributed by atoms with Gasteiger partial charge in [0.15, 0.2) is 6.54 Å². The Labute approximate surface area is 158 Å². The molecule has 0 aliphatic rings. The maximum Gasteiger partial charge on any atom is 0.279 e. The van der Waals surface area contributed by atoms with Crippen LogP contribution in [0.1, 0.15) is 36.8 Å². The molecular formula is C21H26N3OS+. The summed E-state index contributed by atoms with van der Waals surface area (Å²) in [6.07, 6.45) is 1.12. The summed E-state index contributed by atoms with van der Waals surface area (Å²) in [7, 11) is 2.03. The van der Waals surface area contributed by atoms with Gasteiger partial charge in [0.2, 0.25) is 0 Å². The average Bonchev–Trinajstić information content (AvgIpc) is 3.03. The molecule has 1 aromatic heterocycles. The highest BCUT2D eigenvalue weighted by Gasteiger charge is 2.14. The Morgan fingerprint density at radius 2 is 1.92 bits per heavy atom. The number of hydrogen-bond acceptors (Lipinski definition) is 3. The number of aromatic nitrogens is 1. The van der Waals surface area contributed by atoms with E-state index in [-0.39, 0.29) is 5.91 Å². The van der Waals surface area contributed by atoms with Gasteiger partial charge >= 0.3 is 0 Å². The van der Waals surface area contributed by atoms with E-state index in [1.165, 1.54) is 10.3 Å². The zero-order valence-electron chi connectivity index (χ0n) is 15.6. The van der Waals surface area contributed by atoms with Crippen LogP contribution < -0.4 is 10.2 Å². The van der Waals surface area contributed by atoms with Gasteiger partial charge in [0.1, 0.15) is 11.6 Å². The first-order chi connectivity index (χ1) is 12.5. The van der Waals surface area contributed by atoms with Gasteiger partial charge in [-0.3, -0.25) is 4.79 Å². The summed E-state index contributed by atoms with van der Waals surface area (Å²) in [5.41, 5.74) is 3.20. The van der Waals surface area contributed by atoms with Crippen molar-refractivity contribution in [1.29, 1.82) is 0 Å². The second kappa shape index (κ2) is 8.43. The summed E-state index contributed by atoms with van der Waals surface area (Å²) in [4.78, 5) is 18.1. The molecule has 2 N–H and O–H groups in total.